The molecule has 7 nitrogen and oxygen atoms in total. The van der Waals surface area contributed by atoms with Gasteiger partial charge >= 0.3 is 5.97 Å². The van der Waals surface area contributed by atoms with Crippen LogP contribution in [0.15, 0.2) is 57.2 Å². The SMILES string of the molecule is CN1/C(=C/C=c2/s/c(=C3/SC(=S)N(CC(=O)O)C3=O)n(C)c2=O)Sc2ccc3ccccc3c21. The Bertz CT molecular complexity index is 1620. The van der Waals surface area contributed by atoms with Gasteiger partial charge in [0.1, 0.15) is 20.4 Å². The van der Waals surface area contributed by atoms with Gasteiger partial charge in [-0.3, -0.25) is 19.3 Å². The molecular weight excluding hydrogens is 511 g/mol. The van der Waals surface area contributed by atoms with Crippen molar-refractivity contribution in [2.45, 2.75) is 4.90 Å². The lowest BCUT2D eigenvalue weighted by atomic mass is 10.1. The number of fused-ring (bicyclic) bond motifs is 3. The summed E-state index contributed by atoms with van der Waals surface area (Å²) in [5, 5.41) is 12.4. The van der Waals surface area contributed by atoms with E-state index in [4.69, 9.17) is 17.3 Å². The van der Waals surface area contributed by atoms with Gasteiger partial charge in [-0.05, 0) is 23.6 Å². The normalized spacial score (nSPS) is 19.1. The van der Waals surface area contributed by atoms with Gasteiger partial charge in [-0.2, -0.15) is 0 Å². The minimum absolute atomic E-state index is 0.171. The molecule has 3 aromatic rings. The zero-order valence-corrected chi connectivity index (χ0v) is 21.2. The number of amides is 1. The Balaban J connectivity index is 1.55. The summed E-state index contributed by atoms with van der Waals surface area (Å²) >= 11 is 9.02. The minimum atomic E-state index is -1.15. The number of carboxylic acid groups (broad SMARTS) is 1. The number of carbonyl (C=O) groups is 2. The van der Waals surface area contributed by atoms with Gasteiger partial charge in [-0.25, -0.2) is 0 Å². The van der Waals surface area contributed by atoms with E-state index in [1.165, 1.54) is 26.7 Å². The van der Waals surface area contributed by atoms with Gasteiger partial charge in [-0.1, -0.05) is 66.1 Å². The molecule has 172 valence electrons. The molecule has 0 aliphatic carbocycles. The maximum atomic E-state index is 12.9. The van der Waals surface area contributed by atoms with Crippen LogP contribution in [0.25, 0.3) is 21.8 Å². The number of thiocarbonyl (C=S) groups is 1. The number of hydrogen-bond acceptors (Lipinski definition) is 8. The van der Waals surface area contributed by atoms with Crippen molar-refractivity contribution in [1.29, 1.82) is 0 Å². The minimum Gasteiger partial charge on any atom is -0.480 e. The average Bonchev–Trinajstić information content (AvgIpc) is 3.39. The first-order valence-electron chi connectivity index (χ1n) is 10.1. The third kappa shape index (κ3) is 3.78. The molecule has 2 aromatic carbocycles. The summed E-state index contributed by atoms with van der Waals surface area (Å²) in [6.07, 6.45) is 3.67. The van der Waals surface area contributed by atoms with Crippen molar-refractivity contribution in [1.82, 2.24) is 9.47 Å². The van der Waals surface area contributed by atoms with Crippen molar-refractivity contribution in [2.75, 3.05) is 18.5 Å². The van der Waals surface area contributed by atoms with Crippen LogP contribution in [-0.2, 0) is 16.6 Å². The summed E-state index contributed by atoms with van der Waals surface area (Å²) in [6, 6.07) is 12.4. The summed E-state index contributed by atoms with van der Waals surface area (Å²) in [6.45, 7) is -0.503. The number of nitrogens with zero attached hydrogens (tertiary/aromatic N) is 3. The van der Waals surface area contributed by atoms with Crippen molar-refractivity contribution in [3.05, 3.63) is 67.1 Å². The fourth-order valence-electron chi connectivity index (χ4n) is 3.82. The molecule has 3 heterocycles. The molecular formula is C23H17N3O4S4. The van der Waals surface area contributed by atoms with Crippen LogP contribution in [0.3, 0.4) is 0 Å². The Morgan fingerprint density at radius 2 is 1.85 bits per heavy atom. The van der Waals surface area contributed by atoms with Crippen molar-refractivity contribution in [3.63, 3.8) is 0 Å². The van der Waals surface area contributed by atoms with Gasteiger partial charge in [0, 0.05) is 24.4 Å². The number of hydrogen-bond donors (Lipinski definition) is 1. The summed E-state index contributed by atoms with van der Waals surface area (Å²) < 4.78 is 2.52. The predicted octanol–water partition coefficient (Wildman–Crippen LogP) is 2.52. The van der Waals surface area contributed by atoms with E-state index in [-0.39, 0.29) is 14.8 Å². The zero-order chi connectivity index (χ0) is 24.1. The number of rotatable bonds is 3. The van der Waals surface area contributed by atoms with Crippen molar-refractivity contribution in [3.8, 4) is 0 Å². The highest BCUT2D eigenvalue weighted by molar-refractivity contribution is 8.30. The Kier molecular flexibility index (Phi) is 5.88. The number of benzene rings is 2. The highest BCUT2D eigenvalue weighted by Gasteiger charge is 2.35. The molecule has 0 radical (unpaired) electrons. The maximum Gasteiger partial charge on any atom is 0.323 e. The molecule has 0 atom stereocenters. The van der Waals surface area contributed by atoms with E-state index in [1.807, 2.05) is 25.3 Å². The molecule has 0 saturated carbocycles. The van der Waals surface area contributed by atoms with E-state index in [9.17, 15) is 14.4 Å². The van der Waals surface area contributed by atoms with E-state index in [1.54, 1.807) is 24.9 Å². The largest absolute Gasteiger partial charge is 0.480 e. The molecule has 5 rings (SSSR count). The third-order valence-electron chi connectivity index (χ3n) is 5.48. The predicted molar refractivity (Wildman–Crippen MR) is 143 cm³/mol. The highest BCUT2D eigenvalue weighted by atomic mass is 32.2. The molecule has 34 heavy (non-hydrogen) atoms. The Labute approximate surface area is 211 Å². The van der Waals surface area contributed by atoms with Crippen molar-refractivity contribution >= 4 is 90.7 Å². The molecule has 0 bridgehead atoms. The van der Waals surface area contributed by atoms with Gasteiger partial charge in [-0.15, -0.1) is 11.3 Å². The van der Waals surface area contributed by atoms with Gasteiger partial charge in [0.05, 0.1) is 15.2 Å². The van der Waals surface area contributed by atoms with E-state index in [2.05, 4.69) is 29.2 Å². The molecule has 2 aliphatic heterocycles. The number of thioether (sulfide) groups is 2. The van der Waals surface area contributed by atoms with Gasteiger partial charge in [0.25, 0.3) is 11.5 Å². The van der Waals surface area contributed by atoms with Gasteiger partial charge < -0.3 is 14.6 Å². The van der Waals surface area contributed by atoms with Crippen LogP contribution < -0.4 is 19.7 Å². The molecule has 11 heteroatoms. The second kappa shape index (κ2) is 8.73. The number of allylic oxidation sites excluding steroid dienone is 1. The summed E-state index contributed by atoms with van der Waals surface area (Å²) in [4.78, 5) is 41.3. The van der Waals surface area contributed by atoms with Crippen molar-refractivity contribution < 1.29 is 14.7 Å². The van der Waals surface area contributed by atoms with Crippen molar-refractivity contribution in [2.24, 2.45) is 7.05 Å². The third-order valence-corrected chi connectivity index (χ3v) is 9.42. The van der Waals surface area contributed by atoms with Crippen LogP contribution in [0.1, 0.15) is 0 Å². The maximum absolute atomic E-state index is 12.9. The lowest BCUT2D eigenvalue weighted by Gasteiger charge is -2.15. The zero-order valence-electron chi connectivity index (χ0n) is 18.0. The van der Waals surface area contributed by atoms with E-state index >= 15 is 0 Å². The van der Waals surface area contributed by atoms with E-state index < -0.39 is 18.4 Å². The molecule has 1 aromatic heterocycles. The first-order chi connectivity index (χ1) is 16.3. The van der Waals surface area contributed by atoms with Crippen LogP contribution >= 0.6 is 47.1 Å². The van der Waals surface area contributed by atoms with Crippen LogP contribution in [0.5, 0.6) is 0 Å². The van der Waals surface area contributed by atoms with Crippen LogP contribution in [0.4, 0.5) is 5.69 Å². The van der Waals surface area contributed by atoms with Crippen LogP contribution in [0.2, 0.25) is 0 Å². The van der Waals surface area contributed by atoms with Crippen LogP contribution in [0, 0.1) is 0 Å². The second-order valence-corrected chi connectivity index (χ2v) is 11.3. The molecule has 2 aliphatic rings. The average molecular weight is 528 g/mol. The number of thiazole rings is 1. The molecule has 1 N–H and O–H groups in total. The summed E-state index contributed by atoms with van der Waals surface area (Å²) in [7, 11) is 3.60. The molecule has 1 amide bonds. The standard InChI is InChI=1S/C23H17N3O4S4/c1-24-16(32-14-8-7-12-5-3-4-6-13(12)18(14)24)10-9-15-20(29)25(2)22(33-15)19-21(30)26(11-17(27)28)23(31)34-19/h3-10H,11H2,1-2H3,(H,27,28)/b15-9+,16-10-,22-19+. The monoisotopic (exact) mass is 527 g/mol. The number of aromatic nitrogens is 1. The molecule has 0 spiro atoms. The molecule has 1 saturated heterocycles. The molecule has 0 unspecified atom stereocenters. The number of anilines is 1. The number of aliphatic carboxylic acids is 1. The number of carbonyl (C=O) groups excluding carboxylic acids is 1. The Morgan fingerprint density at radius 1 is 1.09 bits per heavy atom. The lowest BCUT2D eigenvalue weighted by Crippen LogP contribution is -2.34. The first kappa shape index (κ1) is 22.9. The van der Waals surface area contributed by atoms with E-state index in [0.29, 0.717) is 9.20 Å². The summed E-state index contributed by atoms with van der Waals surface area (Å²) in [5.74, 6) is -1.64. The lowest BCUT2D eigenvalue weighted by molar-refractivity contribution is -0.140. The van der Waals surface area contributed by atoms with Gasteiger partial charge in [0.15, 0.2) is 0 Å². The highest BCUT2D eigenvalue weighted by Crippen LogP contribution is 2.48. The fourth-order valence-corrected chi connectivity index (χ4v) is 7.36. The Hall–Kier alpha value is -2.86. The Morgan fingerprint density at radius 3 is 2.62 bits per heavy atom. The first-order valence-corrected chi connectivity index (χ1v) is 12.9. The van der Waals surface area contributed by atoms with Crippen LogP contribution in [-0.4, -0.2) is 44.4 Å². The smallest absolute Gasteiger partial charge is 0.323 e. The second-order valence-electron chi connectivity index (χ2n) is 7.58. The number of carboxylic acids is 1. The van der Waals surface area contributed by atoms with Gasteiger partial charge in [0.2, 0.25) is 0 Å². The topological polar surface area (TPSA) is 82.8 Å². The fraction of sp³-hybridized carbons (Fsp3) is 0.130. The quantitative estimate of drug-likeness (QED) is 0.521. The molecule has 1 fully saturated rings. The summed E-state index contributed by atoms with van der Waals surface area (Å²) in [5.41, 5.74) is 0.909. The van der Waals surface area contributed by atoms with E-state index in [0.717, 1.165) is 32.3 Å².